The van der Waals surface area contributed by atoms with Gasteiger partial charge in [-0.3, -0.25) is 14.4 Å². The first-order valence-electron chi connectivity index (χ1n) is 6.73. The van der Waals surface area contributed by atoms with Crippen molar-refractivity contribution in [3.63, 3.8) is 0 Å². The monoisotopic (exact) mass is 300 g/mol. The summed E-state index contributed by atoms with van der Waals surface area (Å²) in [5.41, 5.74) is 1.69. The third kappa shape index (κ3) is 3.31. The second kappa shape index (κ2) is 6.39. The van der Waals surface area contributed by atoms with Crippen LogP contribution in [0.1, 0.15) is 18.1 Å². The van der Waals surface area contributed by atoms with Crippen molar-refractivity contribution in [2.75, 3.05) is 7.11 Å². The second-order valence-corrected chi connectivity index (χ2v) is 4.98. The summed E-state index contributed by atoms with van der Waals surface area (Å²) in [4.78, 5) is 35.5. The van der Waals surface area contributed by atoms with Gasteiger partial charge in [-0.25, -0.2) is 0 Å². The van der Waals surface area contributed by atoms with Crippen LogP contribution in [-0.2, 0) is 19.1 Å². The molecule has 1 aliphatic rings. The lowest BCUT2D eigenvalue weighted by molar-refractivity contribution is -0.151. The molecular formula is C17H16O5. The summed E-state index contributed by atoms with van der Waals surface area (Å²) in [6, 6.07) is 5.40. The highest BCUT2D eigenvalue weighted by atomic mass is 16.5. The van der Waals surface area contributed by atoms with Crippen LogP contribution in [-0.4, -0.2) is 24.6 Å². The third-order valence-corrected chi connectivity index (χ3v) is 3.27. The molecular weight excluding hydrogens is 284 g/mol. The Hall–Kier alpha value is -2.69. The number of esters is 1. The van der Waals surface area contributed by atoms with E-state index in [9.17, 15) is 14.4 Å². The molecule has 0 N–H and O–H groups in total. The fourth-order valence-corrected chi connectivity index (χ4v) is 2.18. The van der Waals surface area contributed by atoms with Crippen LogP contribution in [0.2, 0.25) is 0 Å². The molecule has 0 fully saturated rings. The topological polar surface area (TPSA) is 69.7 Å². The molecule has 114 valence electrons. The first-order chi connectivity index (χ1) is 10.4. The highest BCUT2D eigenvalue weighted by Crippen LogP contribution is 2.20. The molecule has 0 spiro atoms. The first-order valence-corrected chi connectivity index (χ1v) is 6.73. The molecule has 1 aromatic rings. The van der Waals surface area contributed by atoms with Crippen molar-refractivity contribution in [1.29, 1.82) is 0 Å². The number of ketones is 2. The molecule has 1 aliphatic heterocycles. The lowest BCUT2D eigenvalue weighted by Crippen LogP contribution is -2.34. The summed E-state index contributed by atoms with van der Waals surface area (Å²) in [6.07, 6.45) is 3.94. The Bertz CT molecular complexity index is 697. The van der Waals surface area contributed by atoms with Gasteiger partial charge >= 0.3 is 5.97 Å². The molecule has 0 radical (unpaired) electrons. The van der Waals surface area contributed by atoms with Gasteiger partial charge in [-0.2, -0.15) is 0 Å². The molecule has 2 rings (SSSR count). The summed E-state index contributed by atoms with van der Waals surface area (Å²) < 4.78 is 9.98. The number of ether oxygens (including phenoxy) is 2. The molecule has 22 heavy (non-hydrogen) atoms. The van der Waals surface area contributed by atoms with E-state index in [4.69, 9.17) is 9.47 Å². The lowest BCUT2D eigenvalue weighted by Gasteiger charge is -2.15. The molecule has 1 heterocycles. The number of allylic oxidation sites excluding steroid dienone is 3. The minimum absolute atomic E-state index is 0.203. The maximum Gasteiger partial charge on any atom is 0.329 e. The maximum atomic E-state index is 12.0. The van der Waals surface area contributed by atoms with E-state index in [-0.39, 0.29) is 5.76 Å². The van der Waals surface area contributed by atoms with E-state index < -0.39 is 23.5 Å². The van der Waals surface area contributed by atoms with Gasteiger partial charge in [0.1, 0.15) is 11.5 Å². The van der Waals surface area contributed by atoms with Crippen LogP contribution < -0.4 is 4.74 Å². The Morgan fingerprint density at radius 1 is 1.27 bits per heavy atom. The fourth-order valence-electron chi connectivity index (χ4n) is 2.18. The zero-order chi connectivity index (χ0) is 16.3. The number of methoxy groups -OCH3 is 1. The van der Waals surface area contributed by atoms with Gasteiger partial charge in [0.15, 0.2) is 17.5 Å². The number of carbonyl (C=O) groups is 3. The van der Waals surface area contributed by atoms with E-state index in [1.807, 2.05) is 13.0 Å². The molecule has 1 unspecified atom stereocenters. The molecule has 1 aromatic carbocycles. The zero-order valence-electron chi connectivity index (χ0n) is 12.6. The molecule has 0 aliphatic carbocycles. The molecule has 0 saturated heterocycles. The van der Waals surface area contributed by atoms with Crippen molar-refractivity contribution < 1.29 is 23.9 Å². The predicted molar refractivity (Wildman–Crippen MR) is 80.1 cm³/mol. The summed E-state index contributed by atoms with van der Waals surface area (Å²) >= 11 is 0. The number of aryl methyl sites for hydroxylation is 1. The summed E-state index contributed by atoms with van der Waals surface area (Å²) in [5.74, 6) is -2.42. The summed E-state index contributed by atoms with van der Waals surface area (Å²) in [7, 11) is 1.58. The van der Waals surface area contributed by atoms with Crippen molar-refractivity contribution in [2.24, 2.45) is 5.92 Å². The van der Waals surface area contributed by atoms with Crippen LogP contribution >= 0.6 is 0 Å². The van der Waals surface area contributed by atoms with Crippen LogP contribution in [0.25, 0.3) is 6.08 Å². The highest BCUT2D eigenvalue weighted by molar-refractivity contribution is 6.25. The molecule has 0 bridgehead atoms. The van der Waals surface area contributed by atoms with Gasteiger partial charge in [0, 0.05) is 6.08 Å². The minimum atomic E-state index is -1.40. The van der Waals surface area contributed by atoms with Gasteiger partial charge in [0.2, 0.25) is 0 Å². The lowest BCUT2D eigenvalue weighted by atomic mass is 9.96. The number of carbonyl (C=O) groups excluding carboxylic acids is 3. The van der Waals surface area contributed by atoms with Crippen molar-refractivity contribution in [3.8, 4) is 5.75 Å². The Balaban J connectivity index is 2.16. The molecule has 0 saturated carbocycles. The van der Waals surface area contributed by atoms with E-state index in [1.165, 1.54) is 13.0 Å². The second-order valence-electron chi connectivity index (χ2n) is 4.98. The number of hydrogen-bond acceptors (Lipinski definition) is 5. The zero-order valence-corrected chi connectivity index (χ0v) is 12.6. The molecule has 0 aromatic heterocycles. The number of cyclic esters (lactones) is 1. The van der Waals surface area contributed by atoms with Crippen molar-refractivity contribution in [2.45, 2.75) is 13.8 Å². The van der Waals surface area contributed by atoms with Gasteiger partial charge in [0.25, 0.3) is 0 Å². The SMILES string of the molecule is COc1ccc(/C=C/C(=O)C2C(=O)C=C(C)OC2=O)cc1C. The van der Waals surface area contributed by atoms with Crippen molar-refractivity contribution in [1.82, 2.24) is 0 Å². The average molecular weight is 300 g/mol. The minimum Gasteiger partial charge on any atom is -0.496 e. The standard InChI is InChI=1S/C17H16O5/c1-10-8-12(5-7-15(10)21-3)4-6-13(18)16-14(19)9-11(2)22-17(16)20/h4-9,16H,1-3H3/b6-4+. The van der Waals surface area contributed by atoms with Crippen molar-refractivity contribution in [3.05, 3.63) is 47.2 Å². The molecule has 0 amide bonds. The Morgan fingerprint density at radius 2 is 2.00 bits per heavy atom. The number of hydrogen-bond donors (Lipinski definition) is 0. The van der Waals surface area contributed by atoms with Gasteiger partial charge in [-0.1, -0.05) is 12.1 Å². The summed E-state index contributed by atoms with van der Waals surface area (Å²) in [6.45, 7) is 3.38. The van der Waals surface area contributed by atoms with E-state index in [0.29, 0.717) is 0 Å². The molecule has 5 nitrogen and oxygen atoms in total. The van der Waals surface area contributed by atoms with E-state index in [1.54, 1.807) is 25.3 Å². The van der Waals surface area contributed by atoms with Gasteiger partial charge in [0.05, 0.1) is 7.11 Å². The predicted octanol–water partition coefficient (Wildman–Crippen LogP) is 2.23. The van der Waals surface area contributed by atoms with Gasteiger partial charge < -0.3 is 9.47 Å². The third-order valence-electron chi connectivity index (χ3n) is 3.27. The van der Waals surface area contributed by atoms with Crippen molar-refractivity contribution >= 4 is 23.6 Å². The normalized spacial score (nSPS) is 18.1. The van der Waals surface area contributed by atoms with Gasteiger partial charge in [-0.15, -0.1) is 0 Å². The largest absolute Gasteiger partial charge is 0.496 e. The Kier molecular flexibility index (Phi) is 4.56. The van der Waals surface area contributed by atoms with Crippen LogP contribution in [0, 0.1) is 12.8 Å². The Morgan fingerprint density at radius 3 is 2.59 bits per heavy atom. The fraction of sp³-hybridized carbons (Fsp3) is 0.235. The number of rotatable bonds is 4. The average Bonchev–Trinajstić information content (AvgIpc) is 2.44. The van der Waals surface area contributed by atoms with E-state index in [2.05, 4.69) is 0 Å². The van der Waals surface area contributed by atoms with Crippen LogP contribution in [0.5, 0.6) is 5.75 Å². The van der Waals surface area contributed by atoms with Crippen LogP contribution in [0.4, 0.5) is 0 Å². The summed E-state index contributed by atoms with van der Waals surface area (Å²) in [5, 5.41) is 0. The highest BCUT2D eigenvalue weighted by Gasteiger charge is 2.36. The maximum absolute atomic E-state index is 12.0. The van der Waals surface area contributed by atoms with E-state index >= 15 is 0 Å². The first kappa shape index (κ1) is 15.7. The number of benzene rings is 1. The van der Waals surface area contributed by atoms with Gasteiger partial charge in [-0.05, 0) is 43.2 Å². The smallest absolute Gasteiger partial charge is 0.329 e. The van der Waals surface area contributed by atoms with Crippen LogP contribution in [0.3, 0.4) is 0 Å². The molecule has 5 heteroatoms. The van der Waals surface area contributed by atoms with Crippen LogP contribution in [0.15, 0.2) is 36.1 Å². The quantitative estimate of drug-likeness (QED) is 0.484. The molecule has 1 atom stereocenters. The Labute approximate surface area is 128 Å². The van der Waals surface area contributed by atoms with E-state index in [0.717, 1.165) is 23.0 Å².